The van der Waals surface area contributed by atoms with Gasteiger partial charge in [-0.3, -0.25) is 0 Å². The number of unbranched alkanes of at least 4 members (excludes halogenated alkanes) is 1. The molecule has 0 atom stereocenters. The Morgan fingerprint density at radius 1 is 1.27 bits per heavy atom. The Morgan fingerprint density at radius 2 is 1.93 bits per heavy atom. The van der Waals surface area contributed by atoms with Crippen LogP contribution in [0, 0.1) is 0 Å². The lowest BCUT2D eigenvalue weighted by atomic mass is 10.1. The Kier molecular flexibility index (Phi) is 6.26. The van der Waals surface area contributed by atoms with Crippen LogP contribution in [0.15, 0.2) is 28.7 Å². The maximum Gasteiger partial charge on any atom is 0.0283 e. The number of hydrogen-bond donors (Lipinski definition) is 0. The summed E-state index contributed by atoms with van der Waals surface area (Å²) in [6.45, 7) is 2.21. The topological polar surface area (TPSA) is 0 Å². The van der Waals surface area contributed by atoms with E-state index in [4.69, 9.17) is 0 Å². The minimum absolute atomic E-state index is 0.925. The van der Waals surface area contributed by atoms with Gasteiger partial charge in [-0.25, -0.2) is 0 Å². The van der Waals surface area contributed by atoms with Crippen LogP contribution >= 0.6 is 31.9 Å². The van der Waals surface area contributed by atoms with Crippen molar-refractivity contribution in [2.24, 2.45) is 0 Å². The minimum Gasteiger partial charge on any atom is -0.0876 e. The van der Waals surface area contributed by atoms with Crippen LogP contribution in [0.3, 0.4) is 0 Å². The van der Waals surface area contributed by atoms with Gasteiger partial charge < -0.3 is 0 Å². The summed E-state index contributed by atoms with van der Waals surface area (Å²) in [6.07, 6.45) is 5.83. The van der Waals surface area contributed by atoms with Crippen LogP contribution in [-0.2, 0) is 5.33 Å². The average Bonchev–Trinajstić information content (AvgIpc) is 2.27. The SMILES string of the molecule is CCCCC(Br)=Cc1ccc(CBr)cc1. The summed E-state index contributed by atoms with van der Waals surface area (Å²) in [5, 5.41) is 0.925. The summed E-state index contributed by atoms with van der Waals surface area (Å²) in [5.41, 5.74) is 2.58. The molecule has 0 aliphatic carbocycles. The van der Waals surface area contributed by atoms with Crippen molar-refractivity contribution in [1.82, 2.24) is 0 Å². The molecule has 0 N–H and O–H groups in total. The largest absolute Gasteiger partial charge is 0.0876 e. The van der Waals surface area contributed by atoms with Gasteiger partial charge in [-0.05, 0) is 34.5 Å². The molecular weight excluding hydrogens is 316 g/mol. The van der Waals surface area contributed by atoms with Crippen molar-refractivity contribution in [1.29, 1.82) is 0 Å². The van der Waals surface area contributed by atoms with Gasteiger partial charge in [0.05, 0.1) is 0 Å². The van der Waals surface area contributed by atoms with E-state index in [0.29, 0.717) is 0 Å². The molecular formula is C13H16Br2. The van der Waals surface area contributed by atoms with E-state index in [-0.39, 0.29) is 0 Å². The maximum atomic E-state index is 3.60. The smallest absolute Gasteiger partial charge is 0.0283 e. The van der Waals surface area contributed by atoms with Gasteiger partial charge in [-0.1, -0.05) is 69.5 Å². The van der Waals surface area contributed by atoms with Crippen LogP contribution in [-0.4, -0.2) is 0 Å². The molecule has 0 aromatic heterocycles. The average molecular weight is 332 g/mol. The first-order valence-electron chi connectivity index (χ1n) is 5.27. The van der Waals surface area contributed by atoms with Crippen molar-refractivity contribution < 1.29 is 0 Å². The highest BCUT2D eigenvalue weighted by Crippen LogP contribution is 2.19. The molecule has 1 rings (SSSR count). The Bertz CT molecular complexity index is 312. The molecule has 1 aromatic carbocycles. The third kappa shape index (κ3) is 4.98. The van der Waals surface area contributed by atoms with Crippen molar-refractivity contribution >= 4 is 37.9 Å². The zero-order valence-electron chi connectivity index (χ0n) is 8.97. The van der Waals surface area contributed by atoms with Gasteiger partial charge in [0.25, 0.3) is 0 Å². The Hall–Kier alpha value is -0.0800. The summed E-state index contributed by atoms with van der Waals surface area (Å²) in [5.74, 6) is 0. The van der Waals surface area contributed by atoms with E-state index in [1.807, 2.05) is 0 Å². The number of alkyl halides is 1. The second-order valence-corrected chi connectivity index (χ2v) is 5.15. The van der Waals surface area contributed by atoms with E-state index in [1.165, 1.54) is 28.5 Å². The summed E-state index contributed by atoms with van der Waals surface area (Å²) >= 11 is 7.05. The highest BCUT2D eigenvalue weighted by atomic mass is 79.9. The lowest BCUT2D eigenvalue weighted by molar-refractivity contribution is 0.812. The van der Waals surface area contributed by atoms with Crippen molar-refractivity contribution in [2.75, 3.05) is 0 Å². The van der Waals surface area contributed by atoms with Gasteiger partial charge in [-0.2, -0.15) is 0 Å². The quantitative estimate of drug-likeness (QED) is 0.624. The minimum atomic E-state index is 0.925. The molecule has 0 spiro atoms. The summed E-state index contributed by atoms with van der Waals surface area (Å²) in [7, 11) is 0. The van der Waals surface area contributed by atoms with E-state index in [9.17, 15) is 0 Å². The Morgan fingerprint density at radius 3 is 2.47 bits per heavy atom. The van der Waals surface area contributed by atoms with E-state index < -0.39 is 0 Å². The Balaban J connectivity index is 2.62. The van der Waals surface area contributed by atoms with Crippen molar-refractivity contribution in [2.45, 2.75) is 31.5 Å². The molecule has 0 saturated heterocycles. The normalized spacial score (nSPS) is 11.8. The highest BCUT2D eigenvalue weighted by Gasteiger charge is 1.94. The first-order chi connectivity index (χ1) is 7.26. The maximum absolute atomic E-state index is 3.60. The Labute approximate surface area is 109 Å². The second kappa shape index (κ2) is 7.24. The number of halogens is 2. The van der Waals surface area contributed by atoms with E-state index in [2.05, 4.69) is 69.1 Å². The molecule has 0 fully saturated rings. The molecule has 15 heavy (non-hydrogen) atoms. The van der Waals surface area contributed by atoms with Gasteiger partial charge in [-0.15, -0.1) is 0 Å². The number of benzene rings is 1. The van der Waals surface area contributed by atoms with Crippen LogP contribution in [0.5, 0.6) is 0 Å². The molecule has 0 aliphatic heterocycles. The zero-order chi connectivity index (χ0) is 11.1. The zero-order valence-corrected chi connectivity index (χ0v) is 12.1. The number of allylic oxidation sites excluding steroid dienone is 1. The first-order valence-corrected chi connectivity index (χ1v) is 7.18. The lowest BCUT2D eigenvalue weighted by Gasteiger charge is -2.00. The van der Waals surface area contributed by atoms with Gasteiger partial charge in [0.1, 0.15) is 0 Å². The molecule has 0 bridgehead atoms. The fourth-order valence-electron chi connectivity index (χ4n) is 1.30. The van der Waals surface area contributed by atoms with Crippen LogP contribution in [0.1, 0.15) is 37.3 Å². The van der Waals surface area contributed by atoms with Gasteiger partial charge in [0.2, 0.25) is 0 Å². The summed E-state index contributed by atoms with van der Waals surface area (Å²) in [4.78, 5) is 0. The molecule has 1 aromatic rings. The van der Waals surface area contributed by atoms with Crippen molar-refractivity contribution in [3.8, 4) is 0 Å². The van der Waals surface area contributed by atoms with Crippen molar-refractivity contribution in [3.63, 3.8) is 0 Å². The predicted molar refractivity (Wildman–Crippen MR) is 75.5 cm³/mol. The summed E-state index contributed by atoms with van der Waals surface area (Å²) in [6, 6.07) is 8.62. The van der Waals surface area contributed by atoms with E-state index in [1.54, 1.807) is 0 Å². The van der Waals surface area contributed by atoms with Gasteiger partial charge >= 0.3 is 0 Å². The van der Waals surface area contributed by atoms with Gasteiger partial charge in [0.15, 0.2) is 0 Å². The van der Waals surface area contributed by atoms with E-state index >= 15 is 0 Å². The first kappa shape index (κ1) is 13.0. The summed E-state index contributed by atoms with van der Waals surface area (Å²) < 4.78 is 1.29. The molecule has 2 heteroatoms. The molecule has 0 nitrogen and oxygen atoms in total. The molecule has 0 unspecified atom stereocenters. The third-order valence-electron chi connectivity index (χ3n) is 2.23. The predicted octanol–water partition coefficient (Wildman–Crippen LogP) is 5.51. The molecule has 0 aliphatic rings. The second-order valence-electron chi connectivity index (χ2n) is 3.57. The van der Waals surface area contributed by atoms with E-state index in [0.717, 1.165) is 11.8 Å². The van der Waals surface area contributed by atoms with Crippen LogP contribution in [0.4, 0.5) is 0 Å². The lowest BCUT2D eigenvalue weighted by Crippen LogP contribution is -1.79. The number of hydrogen-bond acceptors (Lipinski definition) is 0. The van der Waals surface area contributed by atoms with Gasteiger partial charge in [0, 0.05) is 5.33 Å². The van der Waals surface area contributed by atoms with Crippen LogP contribution < -0.4 is 0 Å². The molecule has 0 saturated carbocycles. The molecule has 82 valence electrons. The molecule has 0 radical (unpaired) electrons. The fraction of sp³-hybridized carbons (Fsp3) is 0.385. The molecule has 0 amide bonds. The third-order valence-corrected chi connectivity index (χ3v) is 3.50. The van der Waals surface area contributed by atoms with Crippen LogP contribution in [0.2, 0.25) is 0 Å². The van der Waals surface area contributed by atoms with Crippen molar-refractivity contribution in [3.05, 3.63) is 39.9 Å². The number of rotatable bonds is 5. The van der Waals surface area contributed by atoms with Crippen LogP contribution in [0.25, 0.3) is 6.08 Å². The monoisotopic (exact) mass is 330 g/mol. The fourth-order valence-corrected chi connectivity index (χ4v) is 2.22. The highest BCUT2D eigenvalue weighted by molar-refractivity contribution is 9.11. The molecule has 0 heterocycles. The standard InChI is InChI=1S/C13H16Br2/c1-2-3-4-13(15)9-11-5-7-12(10-14)8-6-11/h5-9H,2-4,10H2,1H3.